The number of allylic oxidation sites excluding steroid dienone is 1. The molecule has 2 heterocycles. The van der Waals surface area contributed by atoms with E-state index >= 15 is 0 Å². The number of nitrogens with zero attached hydrogens (tertiary/aromatic N) is 3. The van der Waals surface area contributed by atoms with Gasteiger partial charge in [0.1, 0.15) is 12.1 Å². The number of carbonyl (C=O) groups is 1. The molecule has 0 fully saturated rings. The van der Waals surface area contributed by atoms with Gasteiger partial charge in [-0.05, 0) is 48.2 Å². The summed E-state index contributed by atoms with van der Waals surface area (Å²) in [4.78, 5) is 16.1. The van der Waals surface area contributed by atoms with E-state index in [9.17, 15) is 18.3 Å². The monoisotopic (exact) mass is 482 g/mol. The van der Waals surface area contributed by atoms with Gasteiger partial charge in [0.25, 0.3) is 10.0 Å². The molecule has 0 saturated heterocycles. The number of ketones is 1. The Morgan fingerprint density at radius 3 is 2.45 bits per heavy atom. The zero-order valence-corrected chi connectivity index (χ0v) is 18.8. The Labute approximate surface area is 195 Å². The summed E-state index contributed by atoms with van der Waals surface area (Å²) in [6.45, 7) is 0. The number of aromatic nitrogens is 4. The molecule has 0 bridgehead atoms. The van der Waals surface area contributed by atoms with E-state index in [2.05, 4.69) is 15.2 Å². The van der Waals surface area contributed by atoms with E-state index in [1.54, 1.807) is 0 Å². The van der Waals surface area contributed by atoms with Gasteiger partial charge in [-0.3, -0.25) is 9.89 Å². The maximum Gasteiger partial charge on any atom is 0.267 e. The quantitative estimate of drug-likeness (QED) is 0.222. The SMILES string of the molecule is O=C(C=C(O)c1cn(S(=O)(=O)c2ccc(Cl)cc2)cc1CCc1ccccc1)c1ncn[nH]1. The average molecular weight is 483 g/mol. The van der Waals surface area contributed by atoms with Crippen molar-refractivity contribution in [2.24, 2.45) is 0 Å². The van der Waals surface area contributed by atoms with Gasteiger partial charge in [-0.1, -0.05) is 41.9 Å². The second-order valence-electron chi connectivity index (χ2n) is 7.20. The fourth-order valence-corrected chi connectivity index (χ4v) is 4.65. The zero-order valence-electron chi connectivity index (χ0n) is 17.2. The van der Waals surface area contributed by atoms with Crippen LogP contribution in [0.5, 0.6) is 0 Å². The Morgan fingerprint density at radius 1 is 1.06 bits per heavy atom. The van der Waals surface area contributed by atoms with E-state index in [0.717, 1.165) is 15.6 Å². The van der Waals surface area contributed by atoms with E-state index in [1.165, 1.54) is 43.0 Å². The van der Waals surface area contributed by atoms with Crippen molar-refractivity contribution in [3.63, 3.8) is 0 Å². The number of nitrogens with one attached hydrogen (secondary N) is 1. The summed E-state index contributed by atoms with van der Waals surface area (Å²) in [5.41, 5.74) is 1.85. The number of benzene rings is 2. The molecule has 168 valence electrons. The molecule has 2 aromatic carbocycles. The second-order valence-corrected chi connectivity index (χ2v) is 9.48. The number of rotatable bonds is 8. The molecule has 10 heteroatoms. The van der Waals surface area contributed by atoms with Crippen LogP contribution < -0.4 is 0 Å². The lowest BCUT2D eigenvalue weighted by molar-refractivity contribution is 0.103. The molecule has 0 unspecified atom stereocenters. The normalized spacial score (nSPS) is 12.1. The van der Waals surface area contributed by atoms with Crippen LogP contribution in [-0.2, 0) is 22.9 Å². The predicted molar refractivity (Wildman–Crippen MR) is 124 cm³/mol. The summed E-state index contributed by atoms with van der Waals surface area (Å²) in [7, 11) is -3.94. The summed E-state index contributed by atoms with van der Waals surface area (Å²) in [5, 5.41) is 17.2. The van der Waals surface area contributed by atoms with Crippen molar-refractivity contribution in [3.05, 3.63) is 107 Å². The Hall–Kier alpha value is -3.69. The van der Waals surface area contributed by atoms with Crippen LogP contribution in [0, 0.1) is 0 Å². The first-order valence-corrected chi connectivity index (χ1v) is 11.7. The maximum absolute atomic E-state index is 13.1. The van der Waals surface area contributed by atoms with Crippen LogP contribution in [0.15, 0.2) is 84.3 Å². The zero-order chi connectivity index (χ0) is 23.4. The summed E-state index contributed by atoms with van der Waals surface area (Å²) in [6.07, 6.45) is 5.97. The maximum atomic E-state index is 13.1. The molecule has 0 spiro atoms. The molecule has 0 aliphatic rings. The molecule has 0 radical (unpaired) electrons. The van der Waals surface area contributed by atoms with Crippen LogP contribution in [0.1, 0.15) is 27.3 Å². The standard InChI is InChI=1S/C23H19ClN4O4S/c24-18-8-10-19(11-9-18)33(31,32)28-13-17(7-6-16-4-2-1-3-5-16)20(14-28)21(29)12-22(30)23-25-15-26-27-23/h1-5,8-15,29H,6-7H2,(H,25,26,27). The molecule has 8 nitrogen and oxygen atoms in total. The molecule has 0 amide bonds. The highest BCUT2D eigenvalue weighted by Crippen LogP contribution is 2.25. The molecule has 0 atom stereocenters. The van der Waals surface area contributed by atoms with E-state index in [-0.39, 0.29) is 22.0 Å². The van der Waals surface area contributed by atoms with Gasteiger partial charge >= 0.3 is 0 Å². The molecule has 0 saturated carbocycles. The van der Waals surface area contributed by atoms with Crippen molar-refractivity contribution < 1.29 is 18.3 Å². The van der Waals surface area contributed by atoms with Crippen molar-refractivity contribution in [2.75, 3.05) is 0 Å². The number of aryl methyl sites for hydroxylation is 2. The number of carbonyl (C=O) groups excluding carboxylic acids is 1. The Morgan fingerprint density at radius 2 is 1.79 bits per heavy atom. The first kappa shape index (κ1) is 22.5. The Kier molecular flexibility index (Phi) is 6.43. The topological polar surface area (TPSA) is 118 Å². The molecule has 0 aliphatic carbocycles. The first-order chi connectivity index (χ1) is 15.8. The summed E-state index contributed by atoms with van der Waals surface area (Å²) in [5.74, 6) is -1.00. The summed E-state index contributed by atoms with van der Waals surface area (Å²) >= 11 is 5.88. The van der Waals surface area contributed by atoms with Gasteiger partial charge in [0, 0.05) is 29.1 Å². The minimum absolute atomic E-state index is 0.0411. The van der Waals surface area contributed by atoms with Crippen LogP contribution in [0.2, 0.25) is 5.02 Å². The summed E-state index contributed by atoms with van der Waals surface area (Å²) in [6, 6.07) is 15.5. The minimum atomic E-state index is -3.94. The van der Waals surface area contributed by atoms with Crippen molar-refractivity contribution in [2.45, 2.75) is 17.7 Å². The largest absolute Gasteiger partial charge is 0.507 e. The molecule has 2 N–H and O–H groups in total. The van der Waals surface area contributed by atoms with Crippen LogP contribution in [0.25, 0.3) is 5.76 Å². The van der Waals surface area contributed by atoms with Gasteiger partial charge in [-0.15, -0.1) is 0 Å². The molecule has 4 aromatic rings. The highest BCUT2D eigenvalue weighted by Gasteiger charge is 2.21. The Bertz CT molecular complexity index is 1390. The van der Waals surface area contributed by atoms with Crippen LogP contribution in [0.3, 0.4) is 0 Å². The predicted octanol–water partition coefficient (Wildman–Crippen LogP) is 4.06. The third-order valence-electron chi connectivity index (χ3n) is 4.99. The third-order valence-corrected chi connectivity index (χ3v) is 6.88. The number of aliphatic hydroxyl groups is 1. The third kappa shape index (κ3) is 5.05. The van der Waals surface area contributed by atoms with Gasteiger partial charge in [-0.25, -0.2) is 17.4 Å². The van der Waals surface area contributed by atoms with Gasteiger partial charge in [-0.2, -0.15) is 5.10 Å². The molecule has 33 heavy (non-hydrogen) atoms. The van der Waals surface area contributed by atoms with Gasteiger partial charge in [0.15, 0.2) is 5.82 Å². The molecular formula is C23H19ClN4O4S. The Balaban J connectivity index is 1.72. The number of halogens is 1. The average Bonchev–Trinajstić information content (AvgIpc) is 3.49. The number of aromatic amines is 1. The van der Waals surface area contributed by atoms with Crippen molar-refractivity contribution in [1.82, 2.24) is 19.2 Å². The fourth-order valence-electron chi connectivity index (χ4n) is 3.29. The van der Waals surface area contributed by atoms with Crippen LogP contribution in [-0.4, -0.2) is 38.5 Å². The molecule has 0 aliphatic heterocycles. The van der Waals surface area contributed by atoms with Gasteiger partial charge < -0.3 is 5.11 Å². The van der Waals surface area contributed by atoms with E-state index in [0.29, 0.717) is 23.4 Å². The van der Waals surface area contributed by atoms with Crippen LogP contribution in [0.4, 0.5) is 0 Å². The number of hydrogen-bond acceptors (Lipinski definition) is 6. The molecular weight excluding hydrogens is 464 g/mol. The van der Waals surface area contributed by atoms with Crippen molar-refractivity contribution in [1.29, 1.82) is 0 Å². The van der Waals surface area contributed by atoms with Crippen molar-refractivity contribution in [3.8, 4) is 0 Å². The van der Waals surface area contributed by atoms with Crippen molar-refractivity contribution >= 4 is 33.2 Å². The van der Waals surface area contributed by atoms with Gasteiger partial charge in [0.05, 0.1) is 4.90 Å². The minimum Gasteiger partial charge on any atom is -0.507 e. The van der Waals surface area contributed by atoms with E-state index in [4.69, 9.17) is 11.6 Å². The lowest BCUT2D eigenvalue weighted by Gasteiger charge is -2.05. The highest BCUT2D eigenvalue weighted by molar-refractivity contribution is 7.90. The van der Waals surface area contributed by atoms with E-state index < -0.39 is 15.8 Å². The number of hydrogen-bond donors (Lipinski definition) is 2. The number of aliphatic hydroxyl groups excluding tert-OH is 1. The smallest absolute Gasteiger partial charge is 0.267 e. The lowest BCUT2D eigenvalue weighted by atomic mass is 10.0. The first-order valence-electron chi connectivity index (χ1n) is 9.91. The summed E-state index contributed by atoms with van der Waals surface area (Å²) < 4.78 is 27.3. The molecule has 2 aromatic heterocycles. The van der Waals surface area contributed by atoms with E-state index in [1.807, 2.05) is 30.3 Å². The fraction of sp³-hybridized carbons (Fsp3) is 0.0870. The van der Waals surface area contributed by atoms with Crippen LogP contribution >= 0.6 is 11.6 Å². The van der Waals surface area contributed by atoms with Gasteiger partial charge in [0.2, 0.25) is 5.78 Å². The lowest BCUT2D eigenvalue weighted by Crippen LogP contribution is -2.10. The second kappa shape index (κ2) is 9.43. The number of H-pyrrole nitrogens is 1. The highest BCUT2D eigenvalue weighted by atomic mass is 35.5. The molecule has 4 rings (SSSR count).